The second kappa shape index (κ2) is 6.44. The quantitative estimate of drug-likeness (QED) is 0.865. The molecule has 0 unspecified atom stereocenters. The number of nitrogens with two attached hydrogens (primary N) is 1. The first-order valence-electron chi connectivity index (χ1n) is 6.88. The van der Waals surface area contributed by atoms with Crippen LogP contribution in [0, 0.1) is 0 Å². The van der Waals surface area contributed by atoms with Gasteiger partial charge in [-0.2, -0.15) is 0 Å². The number of hydrogen-bond donors (Lipinski definition) is 1. The molecule has 0 spiro atoms. The van der Waals surface area contributed by atoms with Crippen LogP contribution in [0.4, 0.5) is 0 Å². The van der Waals surface area contributed by atoms with E-state index < -0.39 is 0 Å². The number of rotatable bonds is 3. The number of likely N-dealkylation sites (tertiary alicyclic amines) is 1. The minimum atomic E-state index is 0.149. The number of carbonyl (C=O) groups is 1. The first-order chi connectivity index (χ1) is 9.08. The van der Waals surface area contributed by atoms with E-state index in [1.54, 1.807) is 11.8 Å². The molecule has 3 nitrogen and oxygen atoms in total. The van der Waals surface area contributed by atoms with Gasteiger partial charge in [0.25, 0.3) is 5.91 Å². The standard InChI is InChI=1S/C15H22N2OS/c1-11(2)19-14-6-4-3-5-13(14)15(18)17-9-7-12(16)8-10-17/h3-6,11-12H,7-10,16H2,1-2H3. The zero-order valence-electron chi connectivity index (χ0n) is 11.6. The summed E-state index contributed by atoms with van der Waals surface area (Å²) in [5.74, 6) is 0.149. The first kappa shape index (κ1) is 14.4. The van der Waals surface area contributed by atoms with Gasteiger partial charge in [-0.05, 0) is 25.0 Å². The molecule has 1 aliphatic rings. The molecule has 0 atom stereocenters. The van der Waals surface area contributed by atoms with E-state index in [0.29, 0.717) is 5.25 Å². The van der Waals surface area contributed by atoms with Crippen LogP contribution in [-0.2, 0) is 0 Å². The summed E-state index contributed by atoms with van der Waals surface area (Å²) in [5.41, 5.74) is 6.72. The number of benzene rings is 1. The van der Waals surface area contributed by atoms with Crippen molar-refractivity contribution in [1.29, 1.82) is 0 Å². The number of thioether (sulfide) groups is 1. The van der Waals surface area contributed by atoms with Crippen molar-refractivity contribution < 1.29 is 4.79 Å². The highest BCUT2D eigenvalue weighted by Crippen LogP contribution is 2.28. The molecule has 1 aliphatic heterocycles. The summed E-state index contributed by atoms with van der Waals surface area (Å²) in [4.78, 5) is 15.6. The molecule has 19 heavy (non-hydrogen) atoms. The summed E-state index contributed by atoms with van der Waals surface area (Å²) in [6, 6.07) is 8.15. The van der Waals surface area contributed by atoms with Gasteiger partial charge in [0.15, 0.2) is 0 Å². The summed E-state index contributed by atoms with van der Waals surface area (Å²) in [5, 5.41) is 0.476. The third kappa shape index (κ3) is 3.74. The second-order valence-corrected chi connectivity index (χ2v) is 6.91. The fourth-order valence-electron chi connectivity index (χ4n) is 2.27. The van der Waals surface area contributed by atoms with Crippen molar-refractivity contribution in [3.63, 3.8) is 0 Å². The Balaban J connectivity index is 2.14. The molecule has 4 heteroatoms. The molecule has 2 N–H and O–H groups in total. The van der Waals surface area contributed by atoms with Crippen LogP contribution in [-0.4, -0.2) is 35.2 Å². The molecule has 0 radical (unpaired) electrons. The zero-order valence-corrected chi connectivity index (χ0v) is 12.5. The van der Waals surface area contributed by atoms with Gasteiger partial charge in [-0.15, -0.1) is 11.8 Å². The van der Waals surface area contributed by atoms with E-state index in [1.807, 2.05) is 29.2 Å². The van der Waals surface area contributed by atoms with Crippen molar-refractivity contribution in [2.75, 3.05) is 13.1 Å². The number of carbonyl (C=O) groups excluding carboxylic acids is 1. The average Bonchev–Trinajstić information content (AvgIpc) is 2.39. The van der Waals surface area contributed by atoms with Gasteiger partial charge in [0, 0.05) is 29.3 Å². The Labute approximate surface area is 119 Å². The lowest BCUT2D eigenvalue weighted by molar-refractivity contribution is 0.0711. The van der Waals surface area contributed by atoms with Crippen LogP contribution in [0.5, 0.6) is 0 Å². The van der Waals surface area contributed by atoms with E-state index in [1.165, 1.54) is 0 Å². The molecule has 0 bridgehead atoms. The monoisotopic (exact) mass is 278 g/mol. The van der Waals surface area contributed by atoms with Gasteiger partial charge in [-0.3, -0.25) is 4.79 Å². The SMILES string of the molecule is CC(C)Sc1ccccc1C(=O)N1CCC(N)CC1. The fourth-order valence-corrected chi connectivity index (χ4v) is 3.22. The van der Waals surface area contributed by atoms with E-state index in [4.69, 9.17) is 5.73 Å². The predicted octanol–water partition coefficient (Wildman–Crippen LogP) is 2.75. The van der Waals surface area contributed by atoms with Gasteiger partial charge in [-0.1, -0.05) is 26.0 Å². The van der Waals surface area contributed by atoms with Gasteiger partial charge in [0.2, 0.25) is 0 Å². The van der Waals surface area contributed by atoms with E-state index in [2.05, 4.69) is 13.8 Å². The molecule has 104 valence electrons. The maximum absolute atomic E-state index is 12.6. The lowest BCUT2D eigenvalue weighted by atomic mass is 10.0. The van der Waals surface area contributed by atoms with Crippen molar-refractivity contribution in [1.82, 2.24) is 4.90 Å². The van der Waals surface area contributed by atoms with Crippen molar-refractivity contribution in [2.45, 2.75) is 42.9 Å². The van der Waals surface area contributed by atoms with E-state index >= 15 is 0 Å². The summed E-state index contributed by atoms with van der Waals surface area (Å²) in [7, 11) is 0. The molecular weight excluding hydrogens is 256 g/mol. The average molecular weight is 278 g/mol. The lowest BCUT2D eigenvalue weighted by Gasteiger charge is -2.30. The Hall–Kier alpha value is -1.00. The zero-order chi connectivity index (χ0) is 13.8. The third-order valence-corrected chi connectivity index (χ3v) is 4.39. The van der Waals surface area contributed by atoms with Crippen molar-refractivity contribution in [2.24, 2.45) is 5.73 Å². The third-order valence-electron chi connectivity index (χ3n) is 3.31. The molecule has 1 fully saturated rings. The summed E-state index contributed by atoms with van der Waals surface area (Å²) in [6.45, 7) is 5.85. The molecule has 1 saturated heterocycles. The molecule has 0 aromatic heterocycles. The highest BCUT2D eigenvalue weighted by Gasteiger charge is 2.23. The number of nitrogens with zero attached hydrogens (tertiary/aromatic N) is 1. The molecule has 2 rings (SSSR count). The Morgan fingerprint density at radius 3 is 2.58 bits per heavy atom. The maximum Gasteiger partial charge on any atom is 0.254 e. The highest BCUT2D eigenvalue weighted by molar-refractivity contribution is 8.00. The first-order valence-corrected chi connectivity index (χ1v) is 7.76. The van der Waals surface area contributed by atoms with Crippen molar-refractivity contribution in [3.8, 4) is 0 Å². The Morgan fingerprint density at radius 1 is 1.32 bits per heavy atom. The van der Waals surface area contributed by atoms with Gasteiger partial charge in [0.05, 0.1) is 5.56 Å². The molecule has 1 aromatic rings. The van der Waals surface area contributed by atoms with Crippen LogP contribution in [0.3, 0.4) is 0 Å². The molecule has 1 amide bonds. The topological polar surface area (TPSA) is 46.3 Å². The lowest BCUT2D eigenvalue weighted by Crippen LogP contribution is -2.43. The Kier molecular flexibility index (Phi) is 4.88. The summed E-state index contributed by atoms with van der Waals surface area (Å²) >= 11 is 1.75. The highest BCUT2D eigenvalue weighted by atomic mass is 32.2. The Bertz CT molecular complexity index is 440. The Morgan fingerprint density at radius 2 is 1.95 bits per heavy atom. The summed E-state index contributed by atoms with van der Waals surface area (Å²) in [6.07, 6.45) is 1.82. The van der Waals surface area contributed by atoms with Crippen LogP contribution >= 0.6 is 11.8 Å². The van der Waals surface area contributed by atoms with E-state index in [0.717, 1.165) is 36.4 Å². The maximum atomic E-state index is 12.6. The van der Waals surface area contributed by atoms with E-state index in [-0.39, 0.29) is 11.9 Å². The molecular formula is C15H22N2OS. The molecule has 1 heterocycles. The molecule has 1 aromatic carbocycles. The van der Waals surface area contributed by atoms with Crippen molar-refractivity contribution in [3.05, 3.63) is 29.8 Å². The van der Waals surface area contributed by atoms with Crippen LogP contribution in [0.25, 0.3) is 0 Å². The molecule has 0 aliphatic carbocycles. The van der Waals surface area contributed by atoms with Gasteiger partial charge in [-0.25, -0.2) is 0 Å². The van der Waals surface area contributed by atoms with Crippen LogP contribution < -0.4 is 5.73 Å². The van der Waals surface area contributed by atoms with Crippen LogP contribution in [0.15, 0.2) is 29.2 Å². The number of piperidine rings is 1. The summed E-state index contributed by atoms with van der Waals surface area (Å²) < 4.78 is 0. The van der Waals surface area contributed by atoms with Gasteiger partial charge < -0.3 is 10.6 Å². The smallest absolute Gasteiger partial charge is 0.254 e. The van der Waals surface area contributed by atoms with E-state index in [9.17, 15) is 4.79 Å². The normalized spacial score (nSPS) is 16.9. The van der Waals surface area contributed by atoms with Gasteiger partial charge in [0.1, 0.15) is 0 Å². The van der Waals surface area contributed by atoms with Crippen LogP contribution in [0.1, 0.15) is 37.0 Å². The largest absolute Gasteiger partial charge is 0.338 e. The van der Waals surface area contributed by atoms with Crippen molar-refractivity contribution >= 4 is 17.7 Å². The minimum Gasteiger partial charge on any atom is -0.338 e. The van der Waals surface area contributed by atoms with Crippen LogP contribution in [0.2, 0.25) is 0 Å². The fraction of sp³-hybridized carbons (Fsp3) is 0.533. The molecule has 0 saturated carbocycles. The second-order valence-electron chi connectivity index (χ2n) is 5.29. The number of amides is 1. The predicted molar refractivity (Wildman–Crippen MR) is 80.5 cm³/mol. The minimum absolute atomic E-state index is 0.149. The van der Waals surface area contributed by atoms with Gasteiger partial charge >= 0.3 is 0 Å². The number of hydrogen-bond acceptors (Lipinski definition) is 3.